The second-order valence-electron chi connectivity index (χ2n) is 8.15. The van der Waals surface area contributed by atoms with Gasteiger partial charge in [-0.15, -0.1) is 0 Å². The van der Waals surface area contributed by atoms with Gasteiger partial charge in [-0.2, -0.15) is 0 Å². The first-order valence-electron chi connectivity index (χ1n) is 10.7. The van der Waals surface area contributed by atoms with Crippen LogP contribution in [0.5, 0.6) is 11.5 Å². The highest BCUT2D eigenvalue weighted by Crippen LogP contribution is 2.50. The first-order chi connectivity index (χ1) is 14.8. The van der Waals surface area contributed by atoms with E-state index < -0.39 is 0 Å². The molecule has 1 aliphatic heterocycles. The molecule has 3 heteroatoms. The van der Waals surface area contributed by atoms with Crippen LogP contribution in [-0.2, 0) is 0 Å². The maximum absolute atomic E-state index is 5.99. The van der Waals surface area contributed by atoms with Crippen molar-refractivity contribution >= 4 is 5.69 Å². The van der Waals surface area contributed by atoms with Crippen molar-refractivity contribution in [1.82, 2.24) is 0 Å². The van der Waals surface area contributed by atoms with Gasteiger partial charge < -0.3 is 14.8 Å². The van der Waals surface area contributed by atoms with E-state index in [-0.39, 0.29) is 0 Å². The normalized spacial score (nSPS) is 21.4. The van der Waals surface area contributed by atoms with E-state index in [2.05, 4.69) is 66.9 Å². The molecule has 0 fully saturated rings. The Balaban J connectivity index is 1.30. The number of nitrogens with one attached hydrogen (secondary N) is 1. The van der Waals surface area contributed by atoms with Crippen LogP contribution in [0.1, 0.15) is 35.1 Å². The van der Waals surface area contributed by atoms with Crippen molar-refractivity contribution in [1.29, 1.82) is 0 Å². The lowest BCUT2D eigenvalue weighted by Gasteiger charge is -2.37. The minimum absolute atomic E-state index is 0.337. The SMILES string of the molecule is Cc1cccc(C2Nc3ccc(OCCOc4ccccc4)cc3C3C=CCC32)c1. The first kappa shape index (κ1) is 18.8. The summed E-state index contributed by atoms with van der Waals surface area (Å²) < 4.78 is 11.7. The van der Waals surface area contributed by atoms with E-state index in [4.69, 9.17) is 9.47 Å². The summed E-state index contributed by atoms with van der Waals surface area (Å²) in [6.07, 6.45) is 5.80. The van der Waals surface area contributed by atoms with Crippen LogP contribution in [0, 0.1) is 12.8 Å². The lowest BCUT2D eigenvalue weighted by atomic mass is 9.77. The molecule has 3 unspecified atom stereocenters. The summed E-state index contributed by atoms with van der Waals surface area (Å²) in [7, 11) is 0. The van der Waals surface area contributed by atoms with Crippen molar-refractivity contribution in [2.45, 2.75) is 25.3 Å². The van der Waals surface area contributed by atoms with Gasteiger partial charge in [-0.1, -0.05) is 60.2 Å². The molecule has 1 heterocycles. The molecule has 0 saturated heterocycles. The Morgan fingerprint density at radius 3 is 2.53 bits per heavy atom. The molecule has 0 saturated carbocycles. The van der Waals surface area contributed by atoms with E-state index in [9.17, 15) is 0 Å². The highest BCUT2D eigenvalue weighted by Gasteiger charge is 2.38. The van der Waals surface area contributed by atoms with Gasteiger partial charge in [0.25, 0.3) is 0 Å². The molecule has 3 aromatic rings. The van der Waals surface area contributed by atoms with Gasteiger partial charge in [0.1, 0.15) is 24.7 Å². The zero-order chi connectivity index (χ0) is 20.3. The van der Waals surface area contributed by atoms with Crippen molar-refractivity contribution in [3.8, 4) is 11.5 Å². The lowest BCUT2D eigenvalue weighted by Crippen LogP contribution is -2.29. The summed E-state index contributed by atoms with van der Waals surface area (Å²) in [5.41, 5.74) is 5.23. The van der Waals surface area contributed by atoms with E-state index in [1.807, 2.05) is 30.3 Å². The number of anilines is 1. The van der Waals surface area contributed by atoms with Gasteiger partial charge in [-0.3, -0.25) is 0 Å². The Labute approximate surface area is 178 Å². The minimum atomic E-state index is 0.337. The average Bonchev–Trinajstić information content (AvgIpc) is 3.27. The summed E-state index contributed by atoms with van der Waals surface area (Å²) in [6.45, 7) is 3.22. The highest BCUT2D eigenvalue weighted by atomic mass is 16.5. The van der Waals surface area contributed by atoms with Gasteiger partial charge in [-0.25, -0.2) is 0 Å². The van der Waals surface area contributed by atoms with Crippen LogP contribution >= 0.6 is 0 Å². The Hall–Kier alpha value is -3.20. The molecule has 0 amide bonds. The molecule has 3 aromatic carbocycles. The Morgan fingerprint density at radius 2 is 1.70 bits per heavy atom. The first-order valence-corrected chi connectivity index (χ1v) is 10.7. The summed E-state index contributed by atoms with van der Waals surface area (Å²) >= 11 is 0. The van der Waals surface area contributed by atoms with E-state index in [0.29, 0.717) is 31.1 Å². The molecule has 0 bridgehead atoms. The Morgan fingerprint density at radius 1 is 0.867 bits per heavy atom. The molecule has 1 N–H and O–H groups in total. The molecule has 30 heavy (non-hydrogen) atoms. The molecule has 0 radical (unpaired) electrons. The van der Waals surface area contributed by atoms with Crippen LogP contribution in [0.3, 0.4) is 0 Å². The van der Waals surface area contributed by atoms with Crippen LogP contribution in [0.15, 0.2) is 84.9 Å². The van der Waals surface area contributed by atoms with Gasteiger partial charge in [-0.05, 0) is 60.7 Å². The predicted octanol–water partition coefficient (Wildman–Crippen LogP) is 6.28. The standard InChI is InChI=1S/C27H27NO2/c1-19-7-5-8-20(17-19)27-24-12-6-11-23(24)25-18-22(13-14-26(25)28-27)30-16-15-29-21-9-3-2-4-10-21/h2-11,13-14,17-18,23-24,27-28H,12,15-16H2,1H3. The van der Waals surface area contributed by atoms with Gasteiger partial charge in [0.2, 0.25) is 0 Å². The van der Waals surface area contributed by atoms with Gasteiger partial charge in [0, 0.05) is 11.6 Å². The summed E-state index contributed by atoms with van der Waals surface area (Å²) in [4.78, 5) is 0. The van der Waals surface area contributed by atoms with E-state index in [1.54, 1.807) is 0 Å². The maximum atomic E-state index is 5.99. The minimum Gasteiger partial charge on any atom is -0.490 e. The van der Waals surface area contributed by atoms with Gasteiger partial charge in [0.05, 0.1) is 6.04 Å². The predicted molar refractivity (Wildman–Crippen MR) is 121 cm³/mol. The Kier molecular flexibility index (Phi) is 5.18. The number of rotatable bonds is 6. The second kappa shape index (κ2) is 8.27. The van der Waals surface area contributed by atoms with E-state index in [1.165, 1.54) is 22.4 Å². The molecule has 3 atom stereocenters. The van der Waals surface area contributed by atoms with Crippen molar-refractivity contribution in [3.63, 3.8) is 0 Å². The largest absolute Gasteiger partial charge is 0.490 e. The number of aryl methyl sites for hydroxylation is 1. The van der Waals surface area contributed by atoms with E-state index in [0.717, 1.165) is 17.9 Å². The summed E-state index contributed by atoms with van der Waals surface area (Å²) in [6, 6.07) is 25.5. The molecular weight excluding hydrogens is 370 g/mol. The maximum Gasteiger partial charge on any atom is 0.122 e. The lowest BCUT2D eigenvalue weighted by molar-refractivity contribution is 0.217. The van der Waals surface area contributed by atoms with Gasteiger partial charge in [0.15, 0.2) is 0 Å². The zero-order valence-electron chi connectivity index (χ0n) is 17.3. The van der Waals surface area contributed by atoms with Crippen LogP contribution in [0.4, 0.5) is 5.69 Å². The molecule has 0 spiro atoms. The molecule has 3 nitrogen and oxygen atoms in total. The van der Waals surface area contributed by atoms with Crippen molar-refractivity contribution in [2.75, 3.05) is 18.5 Å². The van der Waals surface area contributed by atoms with Crippen LogP contribution < -0.4 is 14.8 Å². The summed E-state index contributed by atoms with van der Waals surface area (Å²) in [5, 5.41) is 3.81. The number of para-hydroxylation sites is 1. The third-order valence-electron chi connectivity index (χ3n) is 6.10. The van der Waals surface area contributed by atoms with Crippen molar-refractivity contribution in [2.24, 2.45) is 5.92 Å². The summed E-state index contributed by atoms with van der Waals surface area (Å²) in [5.74, 6) is 2.74. The van der Waals surface area contributed by atoms with Crippen LogP contribution in [-0.4, -0.2) is 13.2 Å². The average molecular weight is 398 g/mol. The smallest absolute Gasteiger partial charge is 0.122 e. The molecule has 152 valence electrons. The third kappa shape index (κ3) is 3.80. The molecule has 0 aromatic heterocycles. The fraction of sp³-hybridized carbons (Fsp3) is 0.259. The number of allylic oxidation sites excluding steroid dienone is 2. The van der Waals surface area contributed by atoms with Crippen LogP contribution in [0.2, 0.25) is 0 Å². The fourth-order valence-corrected chi connectivity index (χ4v) is 4.69. The van der Waals surface area contributed by atoms with E-state index >= 15 is 0 Å². The molecule has 2 aliphatic rings. The number of fused-ring (bicyclic) bond motifs is 3. The Bertz CT molecular complexity index is 1040. The van der Waals surface area contributed by atoms with Gasteiger partial charge >= 0.3 is 0 Å². The molecule has 5 rings (SSSR count). The fourth-order valence-electron chi connectivity index (χ4n) is 4.69. The number of ether oxygens (including phenoxy) is 2. The number of hydrogen-bond acceptors (Lipinski definition) is 3. The molecule has 1 aliphatic carbocycles. The highest BCUT2D eigenvalue weighted by molar-refractivity contribution is 5.61. The number of hydrogen-bond donors (Lipinski definition) is 1. The zero-order valence-corrected chi connectivity index (χ0v) is 17.3. The van der Waals surface area contributed by atoms with Crippen LogP contribution in [0.25, 0.3) is 0 Å². The second-order valence-corrected chi connectivity index (χ2v) is 8.15. The monoisotopic (exact) mass is 397 g/mol. The number of benzene rings is 3. The third-order valence-corrected chi connectivity index (χ3v) is 6.10. The van der Waals surface area contributed by atoms with Crippen molar-refractivity contribution < 1.29 is 9.47 Å². The van der Waals surface area contributed by atoms with Crippen molar-refractivity contribution in [3.05, 3.63) is 102 Å². The topological polar surface area (TPSA) is 30.5 Å². The molecular formula is C27H27NO2. The quantitative estimate of drug-likeness (QED) is 0.392.